The minimum Gasteiger partial charge on any atom is -0.490 e. The molecule has 1 saturated heterocycles. The molecule has 112 valence electrons. The van der Waals surface area contributed by atoms with E-state index in [9.17, 15) is 8.42 Å². The summed E-state index contributed by atoms with van der Waals surface area (Å²) in [7, 11) is 3.59. The van der Waals surface area contributed by atoms with E-state index in [2.05, 4.69) is 20.8 Å². The molecule has 1 aromatic carbocycles. The van der Waals surface area contributed by atoms with Crippen LogP contribution in [0.3, 0.4) is 0 Å². The van der Waals surface area contributed by atoms with Crippen molar-refractivity contribution >= 4 is 35.7 Å². The number of morpholine rings is 1. The Balaban J connectivity index is 2.00. The quantitative estimate of drug-likeness (QED) is 0.744. The third-order valence-electron chi connectivity index (χ3n) is 2.95. The van der Waals surface area contributed by atoms with E-state index in [4.69, 9.17) is 20.2 Å². The van der Waals surface area contributed by atoms with Crippen LogP contribution in [0.1, 0.15) is 0 Å². The Labute approximate surface area is 131 Å². The molecule has 20 heavy (non-hydrogen) atoms. The molecule has 1 aromatic rings. The van der Waals surface area contributed by atoms with E-state index in [0.29, 0.717) is 23.4 Å². The third-order valence-corrected chi connectivity index (χ3v) is 4.92. The number of hydrogen-bond donors (Lipinski definition) is 0. The van der Waals surface area contributed by atoms with E-state index in [1.165, 1.54) is 12.1 Å². The fourth-order valence-corrected chi connectivity index (χ4v) is 3.32. The number of likely N-dealkylation sites (N-methyl/N-ethyl adjacent to an activating group) is 1. The van der Waals surface area contributed by atoms with Gasteiger partial charge in [0, 0.05) is 23.8 Å². The zero-order valence-corrected chi connectivity index (χ0v) is 14.0. The van der Waals surface area contributed by atoms with E-state index in [-0.39, 0.29) is 11.0 Å². The molecule has 1 fully saturated rings. The SMILES string of the molecule is CN1CCOC(COc2ccc(S(=O)(=O)Cl)cc2Br)C1. The van der Waals surface area contributed by atoms with Crippen LogP contribution >= 0.6 is 26.6 Å². The maximum Gasteiger partial charge on any atom is 0.261 e. The van der Waals surface area contributed by atoms with Crippen LogP contribution in [0.25, 0.3) is 0 Å². The average molecular weight is 385 g/mol. The number of rotatable bonds is 4. The van der Waals surface area contributed by atoms with Crippen molar-refractivity contribution < 1.29 is 17.9 Å². The number of benzene rings is 1. The van der Waals surface area contributed by atoms with Gasteiger partial charge >= 0.3 is 0 Å². The summed E-state index contributed by atoms with van der Waals surface area (Å²) >= 11 is 3.28. The predicted octanol–water partition coefficient (Wildman–Crippen LogP) is 2.09. The van der Waals surface area contributed by atoms with E-state index in [1.807, 2.05) is 7.05 Å². The summed E-state index contributed by atoms with van der Waals surface area (Å²) in [5.41, 5.74) is 0. The Hall–Kier alpha value is -0.340. The summed E-state index contributed by atoms with van der Waals surface area (Å²) < 4.78 is 34.2. The van der Waals surface area contributed by atoms with E-state index >= 15 is 0 Å². The van der Waals surface area contributed by atoms with E-state index < -0.39 is 9.05 Å². The lowest BCUT2D eigenvalue weighted by Crippen LogP contribution is -2.42. The zero-order chi connectivity index (χ0) is 14.8. The fourth-order valence-electron chi connectivity index (χ4n) is 1.90. The van der Waals surface area contributed by atoms with Gasteiger partial charge in [-0.15, -0.1) is 0 Å². The maximum atomic E-state index is 11.2. The van der Waals surface area contributed by atoms with Crippen molar-refractivity contribution in [1.29, 1.82) is 0 Å². The second-order valence-electron chi connectivity index (χ2n) is 4.60. The Kier molecular flexibility index (Phi) is 5.30. The van der Waals surface area contributed by atoms with Gasteiger partial charge in [-0.25, -0.2) is 8.42 Å². The van der Waals surface area contributed by atoms with Crippen molar-refractivity contribution in [3.8, 4) is 5.75 Å². The van der Waals surface area contributed by atoms with E-state index in [1.54, 1.807) is 6.07 Å². The molecule has 0 radical (unpaired) electrons. The van der Waals surface area contributed by atoms with Gasteiger partial charge in [-0.1, -0.05) is 0 Å². The summed E-state index contributed by atoms with van der Waals surface area (Å²) in [5.74, 6) is 0.561. The molecule has 5 nitrogen and oxygen atoms in total. The van der Waals surface area contributed by atoms with Gasteiger partial charge in [0.05, 0.1) is 16.0 Å². The minimum absolute atomic E-state index is 0.0112. The van der Waals surface area contributed by atoms with Gasteiger partial charge in [0.15, 0.2) is 0 Å². The number of halogens is 2. The molecule has 0 N–H and O–H groups in total. The highest BCUT2D eigenvalue weighted by Crippen LogP contribution is 2.29. The second-order valence-corrected chi connectivity index (χ2v) is 8.02. The molecule has 0 aliphatic carbocycles. The summed E-state index contributed by atoms with van der Waals surface area (Å²) in [6.07, 6.45) is 0.0112. The van der Waals surface area contributed by atoms with Gasteiger partial charge in [-0.3, -0.25) is 0 Å². The van der Waals surface area contributed by atoms with Crippen molar-refractivity contribution in [3.05, 3.63) is 22.7 Å². The van der Waals surface area contributed by atoms with E-state index in [0.717, 1.165) is 13.1 Å². The molecule has 0 bridgehead atoms. The fraction of sp³-hybridized carbons (Fsp3) is 0.500. The van der Waals surface area contributed by atoms with Gasteiger partial charge in [-0.05, 0) is 41.2 Å². The van der Waals surface area contributed by atoms with Crippen LogP contribution in [0, 0.1) is 0 Å². The molecule has 1 atom stereocenters. The summed E-state index contributed by atoms with van der Waals surface area (Å²) in [6, 6.07) is 4.41. The van der Waals surface area contributed by atoms with Crippen LogP contribution in [0.5, 0.6) is 5.75 Å². The molecule has 0 amide bonds. The van der Waals surface area contributed by atoms with Gasteiger partial charge in [0.2, 0.25) is 0 Å². The molecule has 2 rings (SSSR count). The highest BCUT2D eigenvalue weighted by atomic mass is 79.9. The van der Waals surface area contributed by atoms with Gasteiger partial charge in [-0.2, -0.15) is 0 Å². The van der Waals surface area contributed by atoms with Crippen LogP contribution in [0.2, 0.25) is 0 Å². The molecule has 0 saturated carbocycles. The van der Waals surface area contributed by atoms with Crippen molar-refractivity contribution in [3.63, 3.8) is 0 Å². The van der Waals surface area contributed by atoms with Gasteiger partial charge in [0.25, 0.3) is 9.05 Å². The smallest absolute Gasteiger partial charge is 0.261 e. The van der Waals surface area contributed by atoms with Crippen molar-refractivity contribution in [2.45, 2.75) is 11.0 Å². The first-order valence-corrected chi connectivity index (χ1v) is 9.13. The highest BCUT2D eigenvalue weighted by molar-refractivity contribution is 9.10. The summed E-state index contributed by atoms with van der Waals surface area (Å²) in [4.78, 5) is 2.21. The number of ether oxygens (including phenoxy) is 2. The lowest BCUT2D eigenvalue weighted by atomic mass is 10.3. The number of nitrogens with zero attached hydrogens (tertiary/aromatic N) is 1. The molecule has 8 heteroatoms. The first-order valence-electron chi connectivity index (χ1n) is 6.03. The molecular formula is C12H15BrClNO4S. The van der Waals surface area contributed by atoms with Crippen LogP contribution < -0.4 is 4.74 Å². The molecule has 1 aliphatic rings. The third kappa shape index (κ3) is 4.33. The summed E-state index contributed by atoms with van der Waals surface area (Å²) in [6.45, 7) is 2.83. The Morgan fingerprint density at radius 1 is 1.55 bits per heavy atom. The Morgan fingerprint density at radius 2 is 2.30 bits per heavy atom. The Morgan fingerprint density at radius 3 is 2.90 bits per heavy atom. The first-order chi connectivity index (χ1) is 9.36. The molecule has 1 aliphatic heterocycles. The maximum absolute atomic E-state index is 11.2. The van der Waals surface area contributed by atoms with Crippen LogP contribution in [0.4, 0.5) is 0 Å². The van der Waals surface area contributed by atoms with Crippen LogP contribution in [-0.2, 0) is 13.8 Å². The highest BCUT2D eigenvalue weighted by Gasteiger charge is 2.19. The first kappa shape index (κ1) is 16.0. The van der Waals surface area contributed by atoms with Crippen LogP contribution in [0.15, 0.2) is 27.6 Å². The van der Waals surface area contributed by atoms with Crippen molar-refractivity contribution in [2.24, 2.45) is 0 Å². The van der Waals surface area contributed by atoms with Gasteiger partial charge < -0.3 is 14.4 Å². The predicted molar refractivity (Wildman–Crippen MR) is 79.9 cm³/mol. The Bertz CT molecular complexity index is 581. The van der Waals surface area contributed by atoms with Crippen molar-refractivity contribution in [2.75, 3.05) is 33.4 Å². The summed E-state index contributed by atoms with van der Waals surface area (Å²) in [5, 5.41) is 0. The largest absolute Gasteiger partial charge is 0.490 e. The molecular weight excluding hydrogens is 370 g/mol. The van der Waals surface area contributed by atoms with Crippen LogP contribution in [-0.4, -0.2) is 52.8 Å². The topological polar surface area (TPSA) is 55.8 Å². The normalized spacial score (nSPS) is 20.9. The lowest BCUT2D eigenvalue weighted by molar-refractivity contribution is -0.0404. The standard InChI is InChI=1S/C12H15BrClNO4S/c1-15-4-5-18-9(7-15)8-19-12-3-2-10(6-11(12)13)20(14,16)17/h2-3,6,9H,4-5,7-8H2,1H3. The van der Waals surface area contributed by atoms with Gasteiger partial charge in [0.1, 0.15) is 18.5 Å². The lowest BCUT2D eigenvalue weighted by Gasteiger charge is -2.29. The molecule has 1 heterocycles. The minimum atomic E-state index is -3.73. The second kappa shape index (κ2) is 6.62. The zero-order valence-electron chi connectivity index (χ0n) is 10.9. The number of hydrogen-bond acceptors (Lipinski definition) is 5. The molecule has 0 aromatic heterocycles. The monoisotopic (exact) mass is 383 g/mol. The van der Waals surface area contributed by atoms with Crippen molar-refractivity contribution in [1.82, 2.24) is 4.90 Å². The molecule has 0 spiro atoms. The average Bonchev–Trinajstić information content (AvgIpc) is 2.36. The molecule has 1 unspecified atom stereocenters.